The number of carbonyl (C=O) groups excluding carboxylic acids is 1. The Morgan fingerprint density at radius 3 is 2.39 bits per heavy atom. The van der Waals surface area contributed by atoms with Crippen molar-refractivity contribution in [3.8, 4) is 23.0 Å². The van der Waals surface area contributed by atoms with Gasteiger partial charge in [-0.1, -0.05) is 11.6 Å². The number of ether oxygens (including phenoxy) is 4. The minimum Gasteiger partial charge on any atom is -0.486 e. The SMILES string of the molecule is O=C(Nc1ccc2c(c1)OCCO2)N[C@@]1(C(F)(F)F)Oc2ccc(Cl)cc2O1. The van der Waals surface area contributed by atoms with Crippen molar-refractivity contribution in [2.45, 2.75) is 12.1 Å². The molecular weight excluding hydrogens is 405 g/mol. The van der Waals surface area contributed by atoms with Crippen LogP contribution in [0.3, 0.4) is 0 Å². The highest BCUT2D eigenvalue weighted by Crippen LogP contribution is 2.46. The van der Waals surface area contributed by atoms with E-state index in [9.17, 15) is 18.0 Å². The number of benzene rings is 2. The minimum atomic E-state index is -5.08. The van der Waals surface area contributed by atoms with E-state index in [1.54, 1.807) is 5.32 Å². The summed E-state index contributed by atoms with van der Waals surface area (Å²) in [4.78, 5) is 12.2. The molecule has 2 heterocycles. The number of fused-ring (bicyclic) bond motifs is 2. The van der Waals surface area contributed by atoms with E-state index in [0.717, 1.165) is 6.07 Å². The first-order valence-electron chi connectivity index (χ1n) is 7.99. The van der Waals surface area contributed by atoms with Gasteiger partial charge in [0.2, 0.25) is 0 Å². The normalized spacial score (nSPS) is 19.9. The second kappa shape index (κ2) is 6.55. The van der Waals surface area contributed by atoms with E-state index in [4.69, 9.17) is 30.5 Å². The molecular formula is C17H12ClF3N2O5. The number of urea groups is 1. The monoisotopic (exact) mass is 416 g/mol. The lowest BCUT2D eigenvalue weighted by Crippen LogP contribution is -2.65. The van der Waals surface area contributed by atoms with Crippen LogP contribution in [0.4, 0.5) is 23.7 Å². The van der Waals surface area contributed by atoms with Crippen molar-refractivity contribution in [1.82, 2.24) is 5.32 Å². The zero-order chi connectivity index (χ0) is 19.9. The van der Waals surface area contributed by atoms with Gasteiger partial charge < -0.3 is 24.3 Å². The van der Waals surface area contributed by atoms with Gasteiger partial charge in [-0.3, -0.25) is 5.32 Å². The Balaban J connectivity index is 1.53. The van der Waals surface area contributed by atoms with Gasteiger partial charge in [0.15, 0.2) is 23.0 Å². The number of nitrogens with one attached hydrogen (secondary N) is 2. The molecule has 0 spiro atoms. The molecule has 0 aliphatic carbocycles. The van der Waals surface area contributed by atoms with Gasteiger partial charge in [-0.2, -0.15) is 13.2 Å². The molecule has 0 unspecified atom stereocenters. The molecule has 28 heavy (non-hydrogen) atoms. The average Bonchev–Trinajstić information content (AvgIpc) is 2.99. The summed E-state index contributed by atoms with van der Waals surface area (Å²) in [7, 11) is 0. The first-order valence-corrected chi connectivity index (χ1v) is 8.37. The predicted octanol–water partition coefficient (Wildman–Crippen LogP) is 3.92. The summed E-state index contributed by atoms with van der Waals surface area (Å²) in [5, 5.41) is 4.13. The Kier molecular flexibility index (Phi) is 4.30. The number of amides is 2. The summed E-state index contributed by atoms with van der Waals surface area (Å²) in [6.07, 6.45) is -5.08. The van der Waals surface area contributed by atoms with Gasteiger partial charge in [0.25, 0.3) is 0 Å². The number of rotatable bonds is 2. The Morgan fingerprint density at radius 1 is 0.964 bits per heavy atom. The summed E-state index contributed by atoms with van der Waals surface area (Å²) in [5.74, 6) is -3.01. The molecule has 4 rings (SSSR count). The van der Waals surface area contributed by atoms with Crippen LogP contribution >= 0.6 is 11.6 Å². The van der Waals surface area contributed by atoms with Crippen molar-refractivity contribution >= 4 is 23.3 Å². The second-order valence-electron chi connectivity index (χ2n) is 5.85. The molecule has 0 bridgehead atoms. The number of halogens is 4. The van der Waals surface area contributed by atoms with Crippen molar-refractivity contribution in [1.29, 1.82) is 0 Å². The van der Waals surface area contributed by atoms with Crippen LogP contribution < -0.4 is 29.6 Å². The maximum Gasteiger partial charge on any atom is 0.492 e. The van der Waals surface area contributed by atoms with E-state index in [1.807, 2.05) is 0 Å². The lowest BCUT2D eigenvalue weighted by molar-refractivity contribution is -0.317. The van der Waals surface area contributed by atoms with Crippen LogP contribution in [-0.4, -0.2) is 31.3 Å². The topological polar surface area (TPSA) is 78.1 Å². The lowest BCUT2D eigenvalue weighted by atomic mass is 10.2. The van der Waals surface area contributed by atoms with E-state index in [0.29, 0.717) is 24.7 Å². The third-order valence-corrected chi connectivity index (χ3v) is 4.10. The van der Waals surface area contributed by atoms with E-state index in [-0.39, 0.29) is 22.2 Å². The first-order chi connectivity index (χ1) is 13.3. The highest BCUT2D eigenvalue weighted by molar-refractivity contribution is 6.30. The van der Waals surface area contributed by atoms with Gasteiger partial charge in [-0.05, 0) is 24.3 Å². The number of hydrogen-bond acceptors (Lipinski definition) is 5. The molecule has 2 amide bonds. The molecule has 0 saturated heterocycles. The largest absolute Gasteiger partial charge is 0.492 e. The fraction of sp³-hybridized carbons (Fsp3) is 0.235. The highest BCUT2D eigenvalue weighted by atomic mass is 35.5. The number of hydrogen-bond donors (Lipinski definition) is 2. The zero-order valence-corrected chi connectivity index (χ0v) is 14.7. The third-order valence-electron chi connectivity index (χ3n) is 3.86. The molecule has 0 saturated carbocycles. The van der Waals surface area contributed by atoms with E-state index < -0.39 is 18.1 Å². The Labute approximate surface area is 161 Å². The van der Waals surface area contributed by atoms with Gasteiger partial charge in [-0.15, -0.1) is 0 Å². The van der Waals surface area contributed by atoms with E-state index in [2.05, 4.69) is 5.32 Å². The number of anilines is 1. The van der Waals surface area contributed by atoms with Crippen molar-refractivity contribution in [3.05, 3.63) is 41.4 Å². The number of alkyl halides is 3. The van der Waals surface area contributed by atoms with E-state index >= 15 is 0 Å². The molecule has 7 nitrogen and oxygen atoms in total. The molecule has 11 heteroatoms. The maximum absolute atomic E-state index is 13.6. The maximum atomic E-state index is 13.6. The molecule has 2 aromatic carbocycles. The van der Waals surface area contributed by atoms with Gasteiger partial charge in [0, 0.05) is 22.8 Å². The zero-order valence-electron chi connectivity index (χ0n) is 13.9. The van der Waals surface area contributed by atoms with Gasteiger partial charge in [0.05, 0.1) is 0 Å². The van der Waals surface area contributed by atoms with Crippen LogP contribution in [0.5, 0.6) is 23.0 Å². The van der Waals surface area contributed by atoms with Gasteiger partial charge >= 0.3 is 18.1 Å². The molecule has 2 aliphatic rings. The highest BCUT2D eigenvalue weighted by Gasteiger charge is 2.65. The standard InChI is InChI=1S/C17H12ClF3N2O5/c18-9-1-3-12-14(7-9)28-17(27-12,16(19,20)21)23-15(24)22-10-2-4-11-13(8-10)26-6-5-25-11/h1-4,7-8H,5-6H2,(H2,22,23,24)/t17-/m0/s1. The van der Waals surface area contributed by atoms with Crippen LogP contribution in [0.2, 0.25) is 5.02 Å². The summed E-state index contributed by atoms with van der Waals surface area (Å²) in [5.41, 5.74) is 0.192. The third kappa shape index (κ3) is 3.31. The minimum absolute atomic E-state index is 0.154. The molecule has 0 fully saturated rings. The molecule has 2 aliphatic heterocycles. The van der Waals surface area contributed by atoms with Gasteiger partial charge in [-0.25, -0.2) is 4.79 Å². The van der Waals surface area contributed by atoms with Crippen LogP contribution in [0.25, 0.3) is 0 Å². The van der Waals surface area contributed by atoms with Crippen molar-refractivity contribution < 1.29 is 36.9 Å². The molecule has 2 aromatic rings. The second-order valence-corrected chi connectivity index (χ2v) is 6.28. The summed E-state index contributed by atoms with van der Waals surface area (Å²) in [6, 6.07) is 6.93. The summed E-state index contributed by atoms with van der Waals surface area (Å²) >= 11 is 5.76. The van der Waals surface area contributed by atoms with E-state index in [1.165, 1.54) is 30.3 Å². The summed E-state index contributed by atoms with van der Waals surface area (Å²) in [6.45, 7) is 0.704. The summed E-state index contributed by atoms with van der Waals surface area (Å²) < 4.78 is 61.4. The quantitative estimate of drug-likeness (QED) is 0.776. The van der Waals surface area contributed by atoms with Crippen molar-refractivity contribution in [2.24, 2.45) is 0 Å². The Hall–Kier alpha value is -3.01. The molecule has 148 valence electrons. The predicted molar refractivity (Wildman–Crippen MR) is 91.1 cm³/mol. The molecule has 0 aromatic heterocycles. The number of carbonyl (C=O) groups is 1. The Bertz CT molecular complexity index is 939. The van der Waals surface area contributed by atoms with Crippen LogP contribution in [0.1, 0.15) is 0 Å². The molecule has 0 radical (unpaired) electrons. The fourth-order valence-corrected chi connectivity index (χ4v) is 2.81. The van der Waals surface area contributed by atoms with Crippen molar-refractivity contribution in [2.75, 3.05) is 18.5 Å². The van der Waals surface area contributed by atoms with Crippen LogP contribution in [0, 0.1) is 0 Å². The molecule has 1 atom stereocenters. The Morgan fingerprint density at radius 2 is 1.64 bits per heavy atom. The lowest BCUT2D eigenvalue weighted by Gasteiger charge is -2.29. The van der Waals surface area contributed by atoms with Crippen LogP contribution in [-0.2, 0) is 0 Å². The smallest absolute Gasteiger partial charge is 0.486 e. The van der Waals surface area contributed by atoms with Gasteiger partial charge in [0.1, 0.15) is 13.2 Å². The fourth-order valence-electron chi connectivity index (χ4n) is 2.65. The molecule has 2 N–H and O–H groups in total. The van der Waals surface area contributed by atoms with Crippen molar-refractivity contribution in [3.63, 3.8) is 0 Å². The average molecular weight is 417 g/mol. The first kappa shape index (κ1) is 18.4. The van der Waals surface area contributed by atoms with Crippen LogP contribution in [0.15, 0.2) is 36.4 Å².